The summed E-state index contributed by atoms with van der Waals surface area (Å²) in [6.45, 7) is 0. The number of benzene rings is 2. The summed E-state index contributed by atoms with van der Waals surface area (Å²) in [4.78, 5) is 27.1. The standard InChI is InChI=1S/C18H13N3O3/c22-17(16-10-9-13-3-1-2-4-15(13)20-16)21-19-11-12-5-7-14(8-6-12)18(23)24/h1-11H,(H,21,22)(H,23,24)/b19-11+. The van der Waals surface area contributed by atoms with Crippen molar-refractivity contribution < 1.29 is 14.7 Å². The summed E-state index contributed by atoms with van der Waals surface area (Å²) in [5, 5.41) is 13.6. The lowest BCUT2D eigenvalue weighted by molar-refractivity contribution is 0.0696. The first-order valence-electron chi connectivity index (χ1n) is 7.16. The van der Waals surface area contributed by atoms with Crippen molar-refractivity contribution in [3.8, 4) is 0 Å². The van der Waals surface area contributed by atoms with Crippen LogP contribution in [-0.4, -0.2) is 28.2 Å². The van der Waals surface area contributed by atoms with Crippen LogP contribution in [0.5, 0.6) is 0 Å². The molecule has 6 nitrogen and oxygen atoms in total. The van der Waals surface area contributed by atoms with Crippen molar-refractivity contribution in [1.82, 2.24) is 10.4 Å². The zero-order chi connectivity index (χ0) is 16.9. The van der Waals surface area contributed by atoms with Crippen LogP contribution in [0.25, 0.3) is 10.9 Å². The molecule has 0 atom stereocenters. The number of carboxylic acids is 1. The average molecular weight is 319 g/mol. The maximum atomic E-state index is 12.1. The number of aromatic carboxylic acids is 1. The molecule has 0 aliphatic carbocycles. The van der Waals surface area contributed by atoms with Gasteiger partial charge in [-0.3, -0.25) is 4.79 Å². The van der Waals surface area contributed by atoms with Gasteiger partial charge in [-0.25, -0.2) is 15.2 Å². The fraction of sp³-hybridized carbons (Fsp3) is 0. The van der Waals surface area contributed by atoms with E-state index in [1.165, 1.54) is 18.3 Å². The molecule has 0 aliphatic heterocycles. The number of nitrogens with one attached hydrogen (secondary N) is 1. The Kier molecular flexibility index (Phi) is 4.29. The molecule has 3 rings (SSSR count). The molecule has 0 saturated carbocycles. The number of hydrogen-bond acceptors (Lipinski definition) is 4. The molecule has 0 spiro atoms. The van der Waals surface area contributed by atoms with Crippen LogP contribution in [0.1, 0.15) is 26.4 Å². The minimum Gasteiger partial charge on any atom is -0.478 e. The Labute approximate surface area is 137 Å². The van der Waals surface area contributed by atoms with E-state index in [0.717, 1.165) is 10.9 Å². The number of fused-ring (bicyclic) bond motifs is 1. The van der Waals surface area contributed by atoms with Gasteiger partial charge in [0.05, 0.1) is 17.3 Å². The van der Waals surface area contributed by atoms with Gasteiger partial charge < -0.3 is 5.11 Å². The van der Waals surface area contributed by atoms with Gasteiger partial charge in [0, 0.05) is 5.39 Å². The fourth-order valence-corrected chi connectivity index (χ4v) is 2.13. The zero-order valence-corrected chi connectivity index (χ0v) is 12.5. The van der Waals surface area contributed by atoms with Gasteiger partial charge in [-0.1, -0.05) is 36.4 Å². The quantitative estimate of drug-likeness (QED) is 0.571. The van der Waals surface area contributed by atoms with Crippen molar-refractivity contribution in [1.29, 1.82) is 0 Å². The lowest BCUT2D eigenvalue weighted by Crippen LogP contribution is -2.18. The van der Waals surface area contributed by atoms with Crippen LogP contribution in [0.2, 0.25) is 0 Å². The minimum absolute atomic E-state index is 0.191. The Hall–Kier alpha value is -3.54. The van der Waals surface area contributed by atoms with E-state index in [0.29, 0.717) is 5.56 Å². The molecule has 0 unspecified atom stereocenters. The summed E-state index contributed by atoms with van der Waals surface area (Å²) in [6, 6.07) is 17.1. The lowest BCUT2D eigenvalue weighted by atomic mass is 10.1. The van der Waals surface area contributed by atoms with Crippen LogP contribution in [-0.2, 0) is 0 Å². The molecule has 0 fully saturated rings. The number of aromatic nitrogens is 1. The summed E-state index contributed by atoms with van der Waals surface area (Å²) in [7, 11) is 0. The highest BCUT2D eigenvalue weighted by molar-refractivity contribution is 5.95. The molecule has 6 heteroatoms. The topological polar surface area (TPSA) is 91.6 Å². The Balaban J connectivity index is 1.68. The maximum Gasteiger partial charge on any atom is 0.335 e. The second-order valence-electron chi connectivity index (χ2n) is 5.02. The molecule has 1 aromatic heterocycles. The molecule has 3 aromatic rings. The van der Waals surface area contributed by atoms with Crippen molar-refractivity contribution in [2.45, 2.75) is 0 Å². The van der Waals surface area contributed by atoms with Gasteiger partial charge >= 0.3 is 5.97 Å². The van der Waals surface area contributed by atoms with E-state index >= 15 is 0 Å². The van der Waals surface area contributed by atoms with Gasteiger partial charge in [0.1, 0.15) is 5.69 Å². The number of amides is 1. The predicted octanol–water partition coefficient (Wildman–Crippen LogP) is 2.70. The Morgan fingerprint density at radius 3 is 2.50 bits per heavy atom. The van der Waals surface area contributed by atoms with E-state index in [9.17, 15) is 9.59 Å². The molecule has 1 heterocycles. The summed E-state index contributed by atoms with van der Waals surface area (Å²) < 4.78 is 0. The smallest absolute Gasteiger partial charge is 0.335 e. The highest BCUT2D eigenvalue weighted by atomic mass is 16.4. The third-order valence-electron chi connectivity index (χ3n) is 3.37. The number of hydrogen-bond donors (Lipinski definition) is 2. The summed E-state index contributed by atoms with van der Waals surface area (Å²) in [5.74, 6) is -1.41. The Morgan fingerprint density at radius 1 is 1.00 bits per heavy atom. The summed E-state index contributed by atoms with van der Waals surface area (Å²) in [6.07, 6.45) is 1.44. The van der Waals surface area contributed by atoms with Gasteiger partial charge in [0.15, 0.2) is 0 Å². The molecule has 1 amide bonds. The molecular weight excluding hydrogens is 306 g/mol. The van der Waals surface area contributed by atoms with Crippen molar-refractivity contribution in [2.75, 3.05) is 0 Å². The first kappa shape index (κ1) is 15.4. The molecule has 0 aliphatic rings. The minimum atomic E-state index is -0.992. The zero-order valence-electron chi connectivity index (χ0n) is 12.5. The van der Waals surface area contributed by atoms with Gasteiger partial charge in [-0.2, -0.15) is 5.10 Å². The highest BCUT2D eigenvalue weighted by Gasteiger charge is 2.06. The van der Waals surface area contributed by atoms with Crippen molar-refractivity contribution >= 4 is 29.0 Å². The number of carbonyl (C=O) groups is 2. The monoisotopic (exact) mass is 319 g/mol. The third kappa shape index (κ3) is 3.44. The number of hydrazone groups is 1. The van der Waals surface area contributed by atoms with Gasteiger partial charge in [0.2, 0.25) is 0 Å². The first-order chi connectivity index (χ1) is 11.6. The second kappa shape index (κ2) is 6.70. The number of carbonyl (C=O) groups excluding carboxylic acids is 1. The molecule has 24 heavy (non-hydrogen) atoms. The molecule has 118 valence electrons. The molecule has 2 N–H and O–H groups in total. The SMILES string of the molecule is O=C(O)c1ccc(/C=N/NC(=O)c2ccc3ccccc3n2)cc1. The van der Waals surface area contributed by atoms with E-state index in [1.54, 1.807) is 18.2 Å². The Bertz CT molecular complexity index is 934. The first-order valence-corrected chi connectivity index (χ1v) is 7.16. The van der Waals surface area contributed by atoms with Crippen LogP contribution in [0.15, 0.2) is 65.8 Å². The van der Waals surface area contributed by atoms with Crippen LogP contribution >= 0.6 is 0 Å². The lowest BCUT2D eigenvalue weighted by Gasteiger charge is -2.01. The molecule has 0 radical (unpaired) electrons. The van der Waals surface area contributed by atoms with E-state index in [1.807, 2.05) is 30.3 Å². The maximum absolute atomic E-state index is 12.1. The van der Waals surface area contributed by atoms with Gasteiger partial charge in [-0.05, 0) is 29.8 Å². The summed E-state index contributed by atoms with van der Waals surface area (Å²) in [5.41, 5.74) is 4.27. The number of carboxylic acid groups (broad SMARTS) is 1. The van der Waals surface area contributed by atoms with Crippen molar-refractivity contribution in [3.05, 3.63) is 77.5 Å². The normalized spacial score (nSPS) is 10.8. The number of pyridine rings is 1. The molecule has 0 bridgehead atoms. The van der Waals surface area contributed by atoms with E-state index in [4.69, 9.17) is 5.11 Å². The van der Waals surface area contributed by atoms with E-state index in [2.05, 4.69) is 15.5 Å². The number of nitrogens with zero attached hydrogens (tertiary/aromatic N) is 2. The van der Waals surface area contributed by atoms with Crippen molar-refractivity contribution in [2.24, 2.45) is 5.10 Å². The second-order valence-corrected chi connectivity index (χ2v) is 5.02. The van der Waals surface area contributed by atoms with Gasteiger partial charge in [-0.15, -0.1) is 0 Å². The third-order valence-corrected chi connectivity index (χ3v) is 3.37. The van der Waals surface area contributed by atoms with E-state index < -0.39 is 11.9 Å². The highest BCUT2D eigenvalue weighted by Crippen LogP contribution is 2.11. The number of rotatable bonds is 4. The molecule has 2 aromatic carbocycles. The van der Waals surface area contributed by atoms with Crippen LogP contribution < -0.4 is 5.43 Å². The van der Waals surface area contributed by atoms with Gasteiger partial charge in [0.25, 0.3) is 5.91 Å². The predicted molar refractivity (Wildman–Crippen MR) is 90.2 cm³/mol. The van der Waals surface area contributed by atoms with Crippen LogP contribution in [0.4, 0.5) is 0 Å². The molecule has 0 saturated heterocycles. The van der Waals surface area contributed by atoms with E-state index in [-0.39, 0.29) is 11.3 Å². The average Bonchev–Trinajstić information content (AvgIpc) is 2.61. The Morgan fingerprint density at radius 2 is 1.75 bits per heavy atom. The fourth-order valence-electron chi connectivity index (χ4n) is 2.13. The molecular formula is C18H13N3O3. The van der Waals surface area contributed by atoms with Crippen LogP contribution in [0.3, 0.4) is 0 Å². The van der Waals surface area contributed by atoms with Crippen LogP contribution in [0, 0.1) is 0 Å². The van der Waals surface area contributed by atoms with Crippen molar-refractivity contribution in [3.63, 3.8) is 0 Å². The summed E-state index contributed by atoms with van der Waals surface area (Å²) >= 11 is 0. The number of para-hydroxylation sites is 1. The largest absolute Gasteiger partial charge is 0.478 e.